The van der Waals surface area contributed by atoms with Gasteiger partial charge in [0.2, 0.25) is 0 Å². The first kappa shape index (κ1) is 15.6. The lowest BCUT2D eigenvalue weighted by Crippen LogP contribution is -2.56. The average molecular weight is 314 g/mol. The van der Waals surface area contributed by atoms with Gasteiger partial charge < -0.3 is 0 Å². The molecule has 3 fully saturated rings. The molecule has 2 nitrogen and oxygen atoms in total. The van der Waals surface area contributed by atoms with Gasteiger partial charge in [-0.05, 0) is 66.8 Å². The summed E-state index contributed by atoms with van der Waals surface area (Å²) in [7, 11) is 0. The predicted molar refractivity (Wildman–Crippen MR) is 90.9 cm³/mol. The van der Waals surface area contributed by atoms with E-state index in [4.69, 9.17) is 0 Å². The molecule has 126 valence electrons. The number of carbonyl (C=O) groups excluding carboxylic acids is 2. The van der Waals surface area contributed by atoms with Crippen LogP contribution in [0, 0.1) is 34.0 Å². The summed E-state index contributed by atoms with van der Waals surface area (Å²) < 4.78 is 0. The monoisotopic (exact) mass is 314 g/mol. The summed E-state index contributed by atoms with van der Waals surface area (Å²) in [6.07, 6.45) is 8.86. The zero-order chi connectivity index (χ0) is 16.6. The molecular weight excluding hydrogens is 284 g/mol. The molecule has 0 aliphatic heterocycles. The molecule has 0 spiro atoms. The van der Waals surface area contributed by atoms with Crippen LogP contribution in [0.1, 0.15) is 72.6 Å². The van der Waals surface area contributed by atoms with Gasteiger partial charge in [0.15, 0.2) is 5.78 Å². The molecule has 23 heavy (non-hydrogen) atoms. The Labute approximate surface area is 140 Å². The molecule has 5 atom stereocenters. The smallest absolute Gasteiger partial charge is 0.155 e. The van der Waals surface area contributed by atoms with Gasteiger partial charge in [0.05, 0.1) is 0 Å². The first-order valence-corrected chi connectivity index (χ1v) is 9.46. The Morgan fingerprint density at radius 3 is 2.35 bits per heavy atom. The van der Waals surface area contributed by atoms with Crippen LogP contribution >= 0.6 is 0 Å². The van der Waals surface area contributed by atoms with Gasteiger partial charge in [0, 0.05) is 18.3 Å². The zero-order valence-electron chi connectivity index (χ0n) is 15.1. The van der Waals surface area contributed by atoms with E-state index in [2.05, 4.69) is 27.7 Å². The molecule has 4 aliphatic rings. The molecule has 0 amide bonds. The number of Topliss-reactive ketones (excluding diaryl/α,β-unsaturated/α-hetero) is 1. The van der Waals surface area contributed by atoms with Crippen LogP contribution in [0.15, 0.2) is 11.6 Å². The maximum absolute atomic E-state index is 12.6. The van der Waals surface area contributed by atoms with Crippen molar-refractivity contribution in [2.24, 2.45) is 34.0 Å². The average Bonchev–Trinajstić information content (AvgIpc) is 2.77. The lowest BCUT2D eigenvalue weighted by atomic mass is 9.42. The first-order valence-electron chi connectivity index (χ1n) is 9.46. The van der Waals surface area contributed by atoms with Crippen LogP contribution < -0.4 is 0 Å². The summed E-state index contributed by atoms with van der Waals surface area (Å²) in [5, 5.41) is 0. The highest BCUT2D eigenvalue weighted by molar-refractivity contribution is 5.91. The van der Waals surface area contributed by atoms with E-state index in [0.717, 1.165) is 38.5 Å². The molecule has 0 aromatic carbocycles. The molecule has 4 aliphatic carbocycles. The van der Waals surface area contributed by atoms with Gasteiger partial charge in [-0.2, -0.15) is 0 Å². The maximum Gasteiger partial charge on any atom is 0.155 e. The SMILES string of the molecule is CC1(C)CC2=CC(=O)CC[C@]2(C)[C@@H]2CC[C@]3(C)C(=O)CC[C@H]3[C@@H]21. The van der Waals surface area contributed by atoms with Crippen LogP contribution in [0.4, 0.5) is 0 Å². The van der Waals surface area contributed by atoms with Gasteiger partial charge in [0.25, 0.3) is 0 Å². The van der Waals surface area contributed by atoms with Crippen molar-refractivity contribution in [3.63, 3.8) is 0 Å². The number of hydrogen-bond donors (Lipinski definition) is 0. The van der Waals surface area contributed by atoms with Gasteiger partial charge in [0.1, 0.15) is 5.78 Å². The second-order valence-corrected chi connectivity index (χ2v) is 9.88. The van der Waals surface area contributed by atoms with Crippen LogP contribution in [0.3, 0.4) is 0 Å². The van der Waals surface area contributed by atoms with Crippen LogP contribution in [-0.4, -0.2) is 11.6 Å². The highest BCUT2D eigenvalue weighted by Gasteiger charge is 2.63. The molecule has 0 aromatic rings. The van der Waals surface area contributed by atoms with Crippen molar-refractivity contribution in [1.29, 1.82) is 0 Å². The Kier molecular flexibility index (Phi) is 3.11. The van der Waals surface area contributed by atoms with Crippen LogP contribution in [0.2, 0.25) is 0 Å². The minimum absolute atomic E-state index is 0.0689. The molecule has 0 aromatic heterocycles. The fourth-order valence-corrected chi connectivity index (χ4v) is 6.98. The van der Waals surface area contributed by atoms with E-state index < -0.39 is 0 Å². The Bertz CT molecular complexity index is 613. The summed E-state index contributed by atoms with van der Waals surface area (Å²) in [5.41, 5.74) is 1.74. The summed E-state index contributed by atoms with van der Waals surface area (Å²) in [5.74, 6) is 2.67. The Morgan fingerprint density at radius 2 is 1.61 bits per heavy atom. The lowest BCUT2D eigenvalue weighted by Gasteiger charge is -2.62. The van der Waals surface area contributed by atoms with Crippen LogP contribution in [-0.2, 0) is 9.59 Å². The third kappa shape index (κ3) is 1.93. The third-order valence-corrected chi connectivity index (χ3v) is 8.31. The van der Waals surface area contributed by atoms with Crippen molar-refractivity contribution in [1.82, 2.24) is 0 Å². The quantitative estimate of drug-likeness (QED) is 0.648. The van der Waals surface area contributed by atoms with Gasteiger partial charge in [-0.1, -0.05) is 33.3 Å². The van der Waals surface area contributed by atoms with Crippen molar-refractivity contribution in [3.8, 4) is 0 Å². The highest BCUT2D eigenvalue weighted by Crippen LogP contribution is 2.68. The van der Waals surface area contributed by atoms with E-state index >= 15 is 0 Å². The van der Waals surface area contributed by atoms with Gasteiger partial charge in [-0.25, -0.2) is 0 Å². The van der Waals surface area contributed by atoms with E-state index in [1.165, 1.54) is 5.57 Å². The number of allylic oxidation sites excluding steroid dienone is 1. The van der Waals surface area contributed by atoms with Crippen molar-refractivity contribution in [3.05, 3.63) is 11.6 Å². The number of carbonyl (C=O) groups is 2. The summed E-state index contributed by atoms with van der Waals surface area (Å²) in [6, 6.07) is 0. The minimum atomic E-state index is -0.0689. The molecule has 2 heteroatoms. The molecular formula is C21H30O2. The Hall–Kier alpha value is -0.920. The maximum atomic E-state index is 12.6. The van der Waals surface area contributed by atoms with E-state index in [1.54, 1.807) is 0 Å². The van der Waals surface area contributed by atoms with E-state index in [9.17, 15) is 9.59 Å². The second kappa shape index (κ2) is 4.58. The molecule has 0 radical (unpaired) electrons. The largest absolute Gasteiger partial charge is 0.299 e. The number of ketones is 2. The first-order chi connectivity index (χ1) is 10.7. The summed E-state index contributed by atoms with van der Waals surface area (Å²) in [4.78, 5) is 24.6. The molecule has 0 unspecified atom stereocenters. The van der Waals surface area contributed by atoms with Crippen molar-refractivity contribution in [2.75, 3.05) is 0 Å². The fraction of sp³-hybridized carbons (Fsp3) is 0.810. The molecule has 0 heterocycles. The number of rotatable bonds is 0. The summed E-state index contributed by atoms with van der Waals surface area (Å²) in [6.45, 7) is 9.44. The van der Waals surface area contributed by atoms with Crippen molar-refractivity contribution < 1.29 is 9.59 Å². The van der Waals surface area contributed by atoms with E-state index in [1.807, 2.05) is 6.08 Å². The molecule has 0 N–H and O–H groups in total. The fourth-order valence-electron chi connectivity index (χ4n) is 6.98. The minimum Gasteiger partial charge on any atom is -0.299 e. The van der Waals surface area contributed by atoms with Gasteiger partial charge >= 0.3 is 0 Å². The normalized spacial score (nSPS) is 48.3. The second-order valence-electron chi connectivity index (χ2n) is 9.88. The predicted octanol–water partition coefficient (Wildman–Crippen LogP) is 4.72. The van der Waals surface area contributed by atoms with Crippen molar-refractivity contribution >= 4 is 11.6 Å². The zero-order valence-corrected chi connectivity index (χ0v) is 15.1. The Morgan fingerprint density at radius 1 is 0.913 bits per heavy atom. The van der Waals surface area contributed by atoms with E-state index in [0.29, 0.717) is 35.7 Å². The third-order valence-electron chi connectivity index (χ3n) is 8.31. The Balaban J connectivity index is 1.80. The van der Waals surface area contributed by atoms with E-state index in [-0.39, 0.29) is 16.2 Å². The number of fused-ring (bicyclic) bond motifs is 5. The molecule has 4 rings (SSSR count). The van der Waals surface area contributed by atoms with Crippen LogP contribution in [0.25, 0.3) is 0 Å². The van der Waals surface area contributed by atoms with Gasteiger partial charge in [-0.15, -0.1) is 0 Å². The highest BCUT2D eigenvalue weighted by atomic mass is 16.1. The van der Waals surface area contributed by atoms with Crippen molar-refractivity contribution in [2.45, 2.75) is 72.6 Å². The standard InChI is InChI=1S/C21H30O2/c1-19(2)12-13-11-14(22)7-9-20(13,3)16-8-10-21(4)15(18(16)19)5-6-17(21)23/h11,15-16,18H,5-10,12H2,1-4H3/t15-,16+,18-,20-,21-/m0/s1. The molecule has 3 saturated carbocycles. The molecule has 0 bridgehead atoms. The van der Waals surface area contributed by atoms with Crippen LogP contribution in [0.5, 0.6) is 0 Å². The summed E-state index contributed by atoms with van der Waals surface area (Å²) >= 11 is 0. The number of hydrogen-bond acceptors (Lipinski definition) is 2. The van der Waals surface area contributed by atoms with Gasteiger partial charge in [-0.3, -0.25) is 9.59 Å². The lowest BCUT2D eigenvalue weighted by molar-refractivity contribution is -0.139. The molecule has 0 saturated heterocycles. The topological polar surface area (TPSA) is 34.1 Å².